The van der Waals surface area contributed by atoms with Crippen molar-refractivity contribution >= 4 is 16.0 Å². The van der Waals surface area contributed by atoms with Crippen LogP contribution in [0.2, 0.25) is 0 Å². The van der Waals surface area contributed by atoms with Crippen LogP contribution in [-0.2, 0) is 10.0 Å². The minimum absolute atomic E-state index is 0.0595. The van der Waals surface area contributed by atoms with Crippen molar-refractivity contribution < 1.29 is 18.3 Å². The van der Waals surface area contributed by atoms with Crippen LogP contribution in [-0.4, -0.2) is 31.0 Å². The fourth-order valence-electron chi connectivity index (χ4n) is 2.35. The average molecular weight is 286 g/mol. The second-order valence-electron chi connectivity index (χ2n) is 5.03. The summed E-state index contributed by atoms with van der Waals surface area (Å²) in [7, 11) is -3.65. The van der Waals surface area contributed by atoms with E-state index in [0.717, 1.165) is 19.3 Å². The van der Waals surface area contributed by atoms with Gasteiger partial charge in [0.15, 0.2) is 0 Å². The summed E-state index contributed by atoms with van der Waals surface area (Å²) in [5.74, 6) is -0.741. The van der Waals surface area contributed by atoms with Crippen LogP contribution in [0.15, 0.2) is 4.90 Å². The van der Waals surface area contributed by atoms with E-state index in [1.54, 1.807) is 6.92 Å². The van der Waals surface area contributed by atoms with E-state index in [2.05, 4.69) is 9.71 Å². The van der Waals surface area contributed by atoms with Crippen molar-refractivity contribution in [3.8, 4) is 0 Å². The Hall–Kier alpha value is -1.34. The van der Waals surface area contributed by atoms with Gasteiger partial charge in [-0.2, -0.15) is 0 Å². The summed E-state index contributed by atoms with van der Waals surface area (Å²) in [6.45, 7) is 3.50. The van der Waals surface area contributed by atoms with Crippen LogP contribution in [0.1, 0.15) is 41.0 Å². The summed E-state index contributed by atoms with van der Waals surface area (Å²) in [5.41, 5.74) is 0.545. The molecule has 0 bridgehead atoms. The first-order valence-electron chi connectivity index (χ1n) is 6.25. The lowest BCUT2D eigenvalue weighted by Gasteiger charge is -2.25. The molecule has 3 N–H and O–H groups in total. The van der Waals surface area contributed by atoms with Gasteiger partial charge in [0, 0.05) is 17.8 Å². The predicted octanol–water partition coefficient (Wildman–Crippen LogP) is 1.41. The van der Waals surface area contributed by atoms with Gasteiger partial charge >= 0.3 is 5.97 Å². The Morgan fingerprint density at radius 3 is 2.47 bits per heavy atom. The molecule has 0 radical (unpaired) electrons. The van der Waals surface area contributed by atoms with Crippen molar-refractivity contribution in [2.24, 2.45) is 5.92 Å². The molecule has 19 heavy (non-hydrogen) atoms. The summed E-state index contributed by atoms with van der Waals surface area (Å²) in [6.07, 6.45) is 3.25. The third kappa shape index (κ3) is 2.66. The molecular formula is C12H18N2O4S. The van der Waals surface area contributed by atoms with Gasteiger partial charge in [-0.05, 0) is 32.6 Å². The molecule has 1 aromatic heterocycles. The van der Waals surface area contributed by atoms with Gasteiger partial charge in [0.05, 0.1) is 0 Å². The standard InChI is InChI=1S/C12H18N2O4S/c1-7-10(12(15)16)14-8(2)11(7)19(17,18)13-6-9-4-3-5-9/h9,13-14H,3-6H2,1-2H3,(H,15,16). The molecule has 6 nitrogen and oxygen atoms in total. The van der Waals surface area contributed by atoms with Gasteiger partial charge in [-0.25, -0.2) is 17.9 Å². The number of aryl methyl sites for hydroxylation is 1. The maximum absolute atomic E-state index is 12.2. The molecule has 1 saturated carbocycles. The van der Waals surface area contributed by atoms with E-state index in [-0.39, 0.29) is 16.2 Å². The lowest BCUT2D eigenvalue weighted by atomic mass is 9.86. The topological polar surface area (TPSA) is 99.3 Å². The molecule has 106 valence electrons. The van der Waals surface area contributed by atoms with Gasteiger partial charge in [-0.1, -0.05) is 6.42 Å². The number of aromatic amines is 1. The Morgan fingerprint density at radius 1 is 1.42 bits per heavy atom. The van der Waals surface area contributed by atoms with Crippen molar-refractivity contribution in [1.82, 2.24) is 9.71 Å². The Balaban J connectivity index is 2.26. The molecule has 2 rings (SSSR count). The zero-order valence-electron chi connectivity index (χ0n) is 11.0. The monoisotopic (exact) mass is 286 g/mol. The number of carboxylic acids is 1. The van der Waals surface area contributed by atoms with Crippen LogP contribution >= 0.6 is 0 Å². The average Bonchev–Trinajstić information content (AvgIpc) is 2.52. The number of carboxylic acid groups (broad SMARTS) is 1. The van der Waals surface area contributed by atoms with E-state index in [9.17, 15) is 13.2 Å². The summed E-state index contributed by atoms with van der Waals surface area (Å²) in [6, 6.07) is 0. The molecule has 0 aromatic carbocycles. The van der Waals surface area contributed by atoms with Crippen molar-refractivity contribution in [2.75, 3.05) is 6.54 Å². The molecule has 0 saturated heterocycles. The van der Waals surface area contributed by atoms with Crippen molar-refractivity contribution in [3.63, 3.8) is 0 Å². The molecule has 1 fully saturated rings. The molecule has 1 aromatic rings. The molecule has 1 aliphatic rings. The number of carbonyl (C=O) groups is 1. The van der Waals surface area contributed by atoms with E-state index in [4.69, 9.17) is 5.11 Å². The number of rotatable bonds is 5. The van der Waals surface area contributed by atoms with Crippen molar-refractivity contribution in [1.29, 1.82) is 0 Å². The molecular weight excluding hydrogens is 268 g/mol. The van der Waals surface area contributed by atoms with Gasteiger partial charge in [0.2, 0.25) is 10.0 Å². The first kappa shape index (κ1) is 14.1. The van der Waals surface area contributed by atoms with Crippen LogP contribution in [0.5, 0.6) is 0 Å². The molecule has 0 atom stereocenters. The van der Waals surface area contributed by atoms with E-state index < -0.39 is 16.0 Å². The Labute approximate surface area is 112 Å². The minimum Gasteiger partial charge on any atom is -0.477 e. The van der Waals surface area contributed by atoms with Crippen LogP contribution in [0, 0.1) is 19.8 Å². The maximum atomic E-state index is 12.2. The van der Waals surface area contributed by atoms with E-state index in [1.807, 2.05) is 0 Å². The smallest absolute Gasteiger partial charge is 0.352 e. The number of hydrogen-bond donors (Lipinski definition) is 3. The number of hydrogen-bond acceptors (Lipinski definition) is 3. The van der Waals surface area contributed by atoms with E-state index in [1.165, 1.54) is 6.92 Å². The number of nitrogens with one attached hydrogen (secondary N) is 2. The largest absolute Gasteiger partial charge is 0.477 e. The number of aromatic carboxylic acids is 1. The second-order valence-corrected chi connectivity index (χ2v) is 6.74. The highest BCUT2D eigenvalue weighted by atomic mass is 32.2. The van der Waals surface area contributed by atoms with E-state index >= 15 is 0 Å². The van der Waals surface area contributed by atoms with Crippen LogP contribution in [0.25, 0.3) is 0 Å². The number of H-pyrrole nitrogens is 1. The third-order valence-corrected chi connectivity index (χ3v) is 5.33. The van der Waals surface area contributed by atoms with Crippen molar-refractivity contribution in [2.45, 2.75) is 38.0 Å². The third-order valence-electron chi connectivity index (χ3n) is 3.64. The summed E-state index contributed by atoms with van der Waals surface area (Å²) >= 11 is 0. The molecule has 7 heteroatoms. The Bertz CT molecular complexity index is 599. The fourth-order valence-corrected chi connectivity index (χ4v) is 3.91. The van der Waals surface area contributed by atoms with Gasteiger partial charge < -0.3 is 10.1 Å². The van der Waals surface area contributed by atoms with Gasteiger partial charge in [-0.15, -0.1) is 0 Å². The lowest BCUT2D eigenvalue weighted by Crippen LogP contribution is -2.32. The molecule has 0 aliphatic heterocycles. The molecule has 0 spiro atoms. The molecule has 0 unspecified atom stereocenters. The van der Waals surface area contributed by atoms with Crippen LogP contribution in [0.4, 0.5) is 0 Å². The first-order chi connectivity index (χ1) is 8.83. The van der Waals surface area contributed by atoms with Gasteiger partial charge in [0.1, 0.15) is 10.6 Å². The zero-order chi connectivity index (χ0) is 14.2. The Kier molecular flexibility index (Phi) is 3.69. The normalized spacial score (nSPS) is 16.3. The summed E-state index contributed by atoms with van der Waals surface area (Å²) in [4.78, 5) is 13.7. The van der Waals surface area contributed by atoms with Gasteiger partial charge in [0.25, 0.3) is 0 Å². The minimum atomic E-state index is -3.65. The maximum Gasteiger partial charge on any atom is 0.352 e. The highest BCUT2D eigenvalue weighted by molar-refractivity contribution is 7.89. The second kappa shape index (κ2) is 4.97. The molecule has 0 amide bonds. The fraction of sp³-hybridized carbons (Fsp3) is 0.583. The Morgan fingerprint density at radius 2 is 2.05 bits per heavy atom. The predicted molar refractivity (Wildman–Crippen MR) is 69.8 cm³/mol. The molecule has 1 heterocycles. The number of sulfonamides is 1. The van der Waals surface area contributed by atoms with Crippen LogP contribution < -0.4 is 4.72 Å². The first-order valence-corrected chi connectivity index (χ1v) is 7.73. The zero-order valence-corrected chi connectivity index (χ0v) is 11.8. The lowest BCUT2D eigenvalue weighted by molar-refractivity contribution is 0.0690. The summed E-state index contributed by atoms with van der Waals surface area (Å²) < 4.78 is 27.0. The highest BCUT2D eigenvalue weighted by Gasteiger charge is 2.27. The quantitative estimate of drug-likeness (QED) is 0.762. The number of aromatic nitrogens is 1. The molecule has 1 aliphatic carbocycles. The van der Waals surface area contributed by atoms with Gasteiger partial charge in [-0.3, -0.25) is 0 Å². The van der Waals surface area contributed by atoms with Crippen molar-refractivity contribution in [3.05, 3.63) is 17.0 Å². The van der Waals surface area contributed by atoms with Crippen LogP contribution in [0.3, 0.4) is 0 Å². The SMILES string of the molecule is Cc1[nH]c(C(=O)O)c(C)c1S(=O)(=O)NCC1CCC1. The van der Waals surface area contributed by atoms with E-state index in [0.29, 0.717) is 18.2 Å². The summed E-state index contributed by atoms with van der Waals surface area (Å²) in [5, 5.41) is 8.99. The highest BCUT2D eigenvalue weighted by Crippen LogP contribution is 2.27.